The summed E-state index contributed by atoms with van der Waals surface area (Å²) in [4.78, 5) is 23.1. The summed E-state index contributed by atoms with van der Waals surface area (Å²) in [5.74, 6) is -0.477. The van der Waals surface area contributed by atoms with E-state index in [-0.39, 0.29) is 19.0 Å². The summed E-state index contributed by atoms with van der Waals surface area (Å²) in [6.45, 7) is 0.148. The number of amides is 3. The summed E-state index contributed by atoms with van der Waals surface area (Å²) in [6, 6.07) is 8.64. The van der Waals surface area contributed by atoms with Gasteiger partial charge in [-0.25, -0.2) is 20.7 Å². The molecule has 8 heteroatoms. The average Bonchev–Trinajstić information content (AvgIpc) is 2.44. The lowest BCUT2D eigenvalue weighted by atomic mass is 10.3. The molecular weight excluding hydrogens is 260 g/mol. The quantitative estimate of drug-likeness (QED) is 0.522. The summed E-state index contributed by atoms with van der Waals surface area (Å²) in [5, 5.41) is 5.39. The Morgan fingerprint density at radius 2 is 1.75 bits per heavy atom. The molecule has 1 aromatic carbocycles. The zero-order valence-electron chi connectivity index (χ0n) is 11.6. The molecule has 0 saturated carbocycles. The van der Waals surface area contributed by atoms with Crippen molar-refractivity contribution in [3.05, 3.63) is 30.3 Å². The van der Waals surface area contributed by atoms with E-state index in [1.165, 1.54) is 10.2 Å². The van der Waals surface area contributed by atoms with Gasteiger partial charge in [-0.2, -0.15) is 0 Å². The Bertz CT molecular complexity index is 435. The van der Waals surface area contributed by atoms with E-state index < -0.39 is 5.91 Å². The van der Waals surface area contributed by atoms with Crippen LogP contribution in [0.4, 0.5) is 10.5 Å². The number of benzene rings is 1. The van der Waals surface area contributed by atoms with Crippen LogP contribution in [0.25, 0.3) is 0 Å². The molecule has 0 aliphatic heterocycles. The highest BCUT2D eigenvalue weighted by molar-refractivity contribution is 5.89. The van der Waals surface area contributed by atoms with E-state index in [0.29, 0.717) is 5.69 Å². The molecule has 0 atom stereocenters. The van der Waals surface area contributed by atoms with Crippen molar-refractivity contribution in [2.24, 2.45) is 5.73 Å². The Labute approximate surface area is 117 Å². The molecule has 0 bridgehead atoms. The van der Waals surface area contributed by atoms with Crippen molar-refractivity contribution in [1.82, 2.24) is 21.1 Å². The summed E-state index contributed by atoms with van der Waals surface area (Å²) in [5.41, 5.74) is 11.3. The number of hydrazine groups is 3. The highest BCUT2D eigenvalue weighted by atomic mass is 16.2. The number of nitrogens with one attached hydrogen (secondary N) is 3. The van der Waals surface area contributed by atoms with Crippen molar-refractivity contribution in [3.63, 3.8) is 0 Å². The van der Waals surface area contributed by atoms with Crippen LogP contribution in [0.15, 0.2) is 30.3 Å². The molecular formula is C12H20N6O2. The van der Waals surface area contributed by atoms with Crippen LogP contribution in [0.5, 0.6) is 0 Å². The largest absolute Gasteiger partial charge is 0.370 e. The molecule has 0 spiro atoms. The molecule has 0 fully saturated rings. The summed E-state index contributed by atoms with van der Waals surface area (Å²) >= 11 is 0. The minimum atomic E-state index is -0.477. The highest BCUT2D eigenvalue weighted by Gasteiger charge is 2.20. The predicted molar refractivity (Wildman–Crippen MR) is 75.9 cm³/mol. The van der Waals surface area contributed by atoms with E-state index in [9.17, 15) is 9.59 Å². The molecule has 8 nitrogen and oxygen atoms in total. The second-order valence-electron chi connectivity index (χ2n) is 3.89. The van der Waals surface area contributed by atoms with E-state index >= 15 is 0 Å². The SMILES string of the molecule is CNN(NC)N(CCC(N)=O)C(=O)Nc1ccccc1. The average molecular weight is 280 g/mol. The first kappa shape index (κ1) is 15.9. The number of anilines is 1. The van der Waals surface area contributed by atoms with Crippen LogP contribution in [0, 0.1) is 0 Å². The van der Waals surface area contributed by atoms with E-state index in [1.54, 1.807) is 26.2 Å². The number of primary amides is 1. The van der Waals surface area contributed by atoms with Crippen LogP contribution in [0.2, 0.25) is 0 Å². The Balaban J connectivity index is 2.75. The van der Waals surface area contributed by atoms with E-state index in [0.717, 1.165) is 0 Å². The number of hydrogen-bond acceptors (Lipinski definition) is 5. The van der Waals surface area contributed by atoms with Crippen molar-refractivity contribution >= 4 is 17.6 Å². The molecule has 0 aromatic heterocycles. The fraction of sp³-hybridized carbons (Fsp3) is 0.333. The van der Waals surface area contributed by atoms with Crippen molar-refractivity contribution < 1.29 is 9.59 Å². The standard InChI is InChI=1S/C12H20N6O2/c1-14-18(15-2)17(9-8-11(13)19)12(20)16-10-6-4-3-5-7-10/h3-7,14-15H,8-9H2,1-2H3,(H2,13,19)(H,16,20). The van der Waals surface area contributed by atoms with Gasteiger partial charge in [-0.1, -0.05) is 23.4 Å². The Kier molecular flexibility index (Phi) is 6.44. The molecule has 0 unspecified atom stereocenters. The minimum Gasteiger partial charge on any atom is -0.370 e. The number of nitrogens with two attached hydrogens (primary N) is 1. The van der Waals surface area contributed by atoms with Crippen LogP contribution in [0.1, 0.15) is 6.42 Å². The van der Waals surface area contributed by atoms with E-state index in [2.05, 4.69) is 16.2 Å². The lowest BCUT2D eigenvalue weighted by Crippen LogP contribution is -2.59. The van der Waals surface area contributed by atoms with Gasteiger partial charge < -0.3 is 11.1 Å². The fourth-order valence-electron chi connectivity index (χ4n) is 1.57. The minimum absolute atomic E-state index is 0.0576. The first-order valence-corrected chi connectivity index (χ1v) is 6.15. The first-order valence-electron chi connectivity index (χ1n) is 6.15. The molecule has 1 aromatic rings. The van der Waals surface area contributed by atoms with E-state index in [1.807, 2.05) is 18.2 Å². The molecule has 0 saturated heterocycles. The molecule has 0 aliphatic carbocycles. The molecule has 0 radical (unpaired) electrons. The number of hydrogen-bond donors (Lipinski definition) is 4. The molecule has 0 heterocycles. The van der Waals surface area contributed by atoms with Gasteiger partial charge in [-0.05, 0) is 12.1 Å². The first-order chi connectivity index (χ1) is 9.58. The maximum Gasteiger partial charge on any atom is 0.338 e. The van der Waals surface area contributed by atoms with Crippen LogP contribution >= 0.6 is 0 Å². The lowest BCUT2D eigenvalue weighted by Gasteiger charge is -2.32. The van der Waals surface area contributed by atoms with Gasteiger partial charge in [0.25, 0.3) is 0 Å². The van der Waals surface area contributed by atoms with Crippen LogP contribution in [0.3, 0.4) is 0 Å². The third-order valence-corrected chi connectivity index (χ3v) is 2.49. The maximum absolute atomic E-state index is 12.2. The number of nitrogens with zero attached hydrogens (tertiary/aromatic N) is 2. The number of para-hydroxylation sites is 1. The predicted octanol–water partition coefficient (Wildman–Crippen LogP) is -0.118. The van der Waals surface area contributed by atoms with Gasteiger partial charge in [0.2, 0.25) is 5.91 Å². The highest BCUT2D eigenvalue weighted by Crippen LogP contribution is 2.07. The Hall–Kier alpha value is -2.16. The number of carbonyl (C=O) groups excluding carboxylic acids is 2. The van der Waals surface area contributed by atoms with Crippen LogP contribution < -0.4 is 21.9 Å². The Morgan fingerprint density at radius 3 is 2.25 bits per heavy atom. The second kappa shape index (κ2) is 8.10. The maximum atomic E-state index is 12.2. The lowest BCUT2D eigenvalue weighted by molar-refractivity contribution is -0.120. The molecule has 110 valence electrons. The molecule has 20 heavy (non-hydrogen) atoms. The molecule has 0 aliphatic rings. The smallest absolute Gasteiger partial charge is 0.338 e. The van der Waals surface area contributed by atoms with Crippen molar-refractivity contribution in [3.8, 4) is 0 Å². The Morgan fingerprint density at radius 1 is 1.15 bits per heavy atom. The molecule has 5 N–H and O–H groups in total. The van der Waals surface area contributed by atoms with Gasteiger partial charge in [-0.15, -0.1) is 0 Å². The van der Waals surface area contributed by atoms with Crippen molar-refractivity contribution in [2.75, 3.05) is 26.0 Å². The third kappa shape index (κ3) is 4.84. The zero-order valence-corrected chi connectivity index (χ0v) is 11.6. The summed E-state index contributed by atoms with van der Waals surface area (Å²) in [6.07, 6.45) is 0.0576. The van der Waals surface area contributed by atoms with Crippen molar-refractivity contribution in [1.29, 1.82) is 0 Å². The van der Waals surface area contributed by atoms with Crippen LogP contribution in [-0.2, 0) is 4.79 Å². The number of carbonyl (C=O) groups is 2. The van der Waals surface area contributed by atoms with Crippen molar-refractivity contribution in [2.45, 2.75) is 6.42 Å². The summed E-state index contributed by atoms with van der Waals surface area (Å²) < 4.78 is 0. The monoisotopic (exact) mass is 280 g/mol. The number of rotatable bonds is 7. The molecule has 3 amide bonds. The van der Waals surface area contributed by atoms with Crippen LogP contribution in [-0.4, -0.2) is 42.8 Å². The summed E-state index contributed by atoms with van der Waals surface area (Å²) in [7, 11) is 3.28. The molecule has 1 rings (SSSR count). The second-order valence-corrected chi connectivity index (χ2v) is 3.89. The topological polar surface area (TPSA) is 103 Å². The van der Waals surface area contributed by atoms with E-state index in [4.69, 9.17) is 5.73 Å². The van der Waals surface area contributed by atoms with Gasteiger partial charge in [0.05, 0.1) is 6.54 Å². The number of urea groups is 1. The van der Waals surface area contributed by atoms with Gasteiger partial charge in [-0.3, -0.25) is 4.79 Å². The van der Waals surface area contributed by atoms with Gasteiger partial charge in [0, 0.05) is 26.2 Å². The fourth-order valence-corrected chi connectivity index (χ4v) is 1.57. The normalized spacial score (nSPS) is 10.3. The third-order valence-electron chi connectivity index (χ3n) is 2.49. The zero-order chi connectivity index (χ0) is 15.0. The van der Waals surface area contributed by atoms with Gasteiger partial charge in [0.1, 0.15) is 0 Å². The van der Waals surface area contributed by atoms with Gasteiger partial charge >= 0.3 is 6.03 Å². The van der Waals surface area contributed by atoms with Gasteiger partial charge in [0.15, 0.2) is 0 Å².